The van der Waals surface area contributed by atoms with E-state index in [-0.39, 0.29) is 5.91 Å². The van der Waals surface area contributed by atoms with Crippen LogP contribution in [0.25, 0.3) is 0 Å². The number of hydrogen-bond acceptors (Lipinski definition) is 3. The van der Waals surface area contributed by atoms with Crippen molar-refractivity contribution in [3.05, 3.63) is 0 Å². The molecule has 1 saturated heterocycles. The summed E-state index contributed by atoms with van der Waals surface area (Å²) in [7, 11) is 1.69. The Bertz CT molecular complexity index is 210. The molecule has 1 heterocycles. The standard InChI is InChI=1S/C12H25N3O/c1-10(2)8-14-11-4-6-15(7-5-11)9-12(16)13-3/h10-11,14H,4-9H2,1-3H3,(H,13,16). The summed E-state index contributed by atoms with van der Waals surface area (Å²) in [6, 6.07) is 0.642. The van der Waals surface area contributed by atoms with Gasteiger partial charge >= 0.3 is 0 Å². The molecule has 0 radical (unpaired) electrons. The first kappa shape index (κ1) is 13.5. The van der Waals surface area contributed by atoms with Crippen molar-refractivity contribution >= 4 is 5.91 Å². The number of carbonyl (C=O) groups is 1. The summed E-state index contributed by atoms with van der Waals surface area (Å²) in [6.07, 6.45) is 2.31. The van der Waals surface area contributed by atoms with Crippen LogP contribution in [0.3, 0.4) is 0 Å². The van der Waals surface area contributed by atoms with Crippen LogP contribution in [0.1, 0.15) is 26.7 Å². The van der Waals surface area contributed by atoms with E-state index in [4.69, 9.17) is 0 Å². The fraction of sp³-hybridized carbons (Fsp3) is 0.917. The van der Waals surface area contributed by atoms with Gasteiger partial charge in [0.1, 0.15) is 0 Å². The predicted octanol–water partition coefficient (Wildman–Crippen LogP) is 0.442. The van der Waals surface area contributed by atoms with Crippen LogP contribution in [0.5, 0.6) is 0 Å². The van der Waals surface area contributed by atoms with Crippen molar-refractivity contribution < 1.29 is 4.79 Å². The highest BCUT2D eigenvalue weighted by Crippen LogP contribution is 2.10. The van der Waals surface area contributed by atoms with Gasteiger partial charge < -0.3 is 10.6 Å². The van der Waals surface area contributed by atoms with Gasteiger partial charge in [-0.3, -0.25) is 9.69 Å². The maximum absolute atomic E-state index is 11.2. The molecular weight excluding hydrogens is 202 g/mol. The molecule has 1 aliphatic rings. The third kappa shape index (κ3) is 4.94. The minimum Gasteiger partial charge on any atom is -0.358 e. The maximum Gasteiger partial charge on any atom is 0.233 e. The number of hydrogen-bond donors (Lipinski definition) is 2. The molecule has 4 heteroatoms. The summed E-state index contributed by atoms with van der Waals surface area (Å²) in [4.78, 5) is 13.4. The summed E-state index contributed by atoms with van der Waals surface area (Å²) >= 11 is 0. The van der Waals surface area contributed by atoms with Crippen LogP contribution in [0.2, 0.25) is 0 Å². The fourth-order valence-corrected chi connectivity index (χ4v) is 1.98. The van der Waals surface area contributed by atoms with Gasteiger partial charge in [-0.15, -0.1) is 0 Å². The number of likely N-dealkylation sites (tertiary alicyclic amines) is 1. The first-order chi connectivity index (χ1) is 7.61. The number of nitrogens with one attached hydrogen (secondary N) is 2. The highest BCUT2D eigenvalue weighted by atomic mass is 16.1. The van der Waals surface area contributed by atoms with Crippen molar-refractivity contribution in [3.63, 3.8) is 0 Å². The van der Waals surface area contributed by atoms with Crippen molar-refractivity contribution in [1.82, 2.24) is 15.5 Å². The first-order valence-corrected chi connectivity index (χ1v) is 6.28. The molecule has 0 unspecified atom stereocenters. The van der Waals surface area contributed by atoms with Crippen LogP contribution < -0.4 is 10.6 Å². The van der Waals surface area contributed by atoms with E-state index in [1.165, 1.54) is 0 Å². The molecule has 1 amide bonds. The van der Waals surface area contributed by atoms with E-state index >= 15 is 0 Å². The smallest absolute Gasteiger partial charge is 0.233 e. The van der Waals surface area contributed by atoms with E-state index < -0.39 is 0 Å². The average molecular weight is 227 g/mol. The van der Waals surface area contributed by atoms with Gasteiger partial charge in [0.15, 0.2) is 0 Å². The summed E-state index contributed by atoms with van der Waals surface area (Å²) < 4.78 is 0. The van der Waals surface area contributed by atoms with Crippen LogP contribution in [-0.2, 0) is 4.79 Å². The number of rotatable bonds is 5. The summed E-state index contributed by atoms with van der Waals surface area (Å²) in [5.74, 6) is 0.831. The molecule has 0 aromatic rings. The zero-order valence-electron chi connectivity index (χ0n) is 10.8. The van der Waals surface area contributed by atoms with E-state index in [1.54, 1.807) is 7.05 Å². The lowest BCUT2D eigenvalue weighted by molar-refractivity contribution is -0.122. The van der Waals surface area contributed by atoms with E-state index in [1.807, 2.05) is 0 Å². The van der Waals surface area contributed by atoms with Gasteiger partial charge in [0.05, 0.1) is 6.54 Å². The second kappa shape index (κ2) is 6.86. The Labute approximate surface area is 98.8 Å². The molecule has 0 aliphatic carbocycles. The summed E-state index contributed by atoms with van der Waals surface area (Å²) in [6.45, 7) is 8.17. The van der Waals surface area contributed by atoms with Crippen molar-refractivity contribution in [2.75, 3.05) is 33.2 Å². The van der Waals surface area contributed by atoms with Gasteiger partial charge in [-0.05, 0) is 25.3 Å². The highest BCUT2D eigenvalue weighted by Gasteiger charge is 2.19. The van der Waals surface area contributed by atoms with Crippen molar-refractivity contribution in [2.24, 2.45) is 5.92 Å². The molecule has 0 atom stereocenters. The number of carbonyl (C=O) groups excluding carboxylic acids is 1. The molecule has 0 aromatic heterocycles. The largest absolute Gasteiger partial charge is 0.358 e. The van der Waals surface area contributed by atoms with E-state index in [9.17, 15) is 4.79 Å². The molecule has 0 spiro atoms. The van der Waals surface area contributed by atoms with Crippen LogP contribution in [-0.4, -0.2) is 50.1 Å². The molecule has 94 valence electrons. The van der Waals surface area contributed by atoms with Crippen LogP contribution >= 0.6 is 0 Å². The lowest BCUT2D eigenvalue weighted by Gasteiger charge is -2.32. The monoisotopic (exact) mass is 227 g/mol. The van der Waals surface area contributed by atoms with Crippen LogP contribution in [0.4, 0.5) is 0 Å². The third-order valence-electron chi connectivity index (χ3n) is 3.05. The number of amides is 1. The fourth-order valence-electron chi connectivity index (χ4n) is 1.98. The topological polar surface area (TPSA) is 44.4 Å². The number of piperidine rings is 1. The molecule has 1 fully saturated rings. The quantitative estimate of drug-likeness (QED) is 0.716. The van der Waals surface area contributed by atoms with Crippen LogP contribution in [0, 0.1) is 5.92 Å². The zero-order chi connectivity index (χ0) is 12.0. The van der Waals surface area contributed by atoms with Gasteiger partial charge in [-0.25, -0.2) is 0 Å². The Balaban J connectivity index is 2.16. The van der Waals surface area contributed by atoms with Crippen LogP contribution in [0.15, 0.2) is 0 Å². The molecule has 1 aliphatic heterocycles. The first-order valence-electron chi connectivity index (χ1n) is 6.28. The molecule has 1 rings (SSSR count). The minimum absolute atomic E-state index is 0.119. The molecule has 2 N–H and O–H groups in total. The summed E-state index contributed by atoms with van der Waals surface area (Å²) in [5.41, 5.74) is 0. The Morgan fingerprint density at radius 3 is 2.50 bits per heavy atom. The van der Waals surface area contributed by atoms with Crippen molar-refractivity contribution in [3.8, 4) is 0 Å². The Hall–Kier alpha value is -0.610. The summed E-state index contributed by atoms with van der Waals surface area (Å²) in [5, 5.41) is 6.25. The van der Waals surface area contributed by atoms with E-state index in [2.05, 4.69) is 29.4 Å². The third-order valence-corrected chi connectivity index (χ3v) is 3.05. The Morgan fingerprint density at radius 1 is 1.38 bits per heavy atom. The van der Waals surface area contributed by atoms with Gasteiger partial charge in [0.25, 0.3) is 0 Å². The van der Waals surface area contributed by atoms with E-state index in [0.717, 1.165) is 32.5 Å². The predicted molar refractivity (Wildman–Crippen MR) is 66.4 cm³/mol. The van der Waals surface area contributed by atoms with Gasteiger partial charge in [0, 0.05) is 26.2 Å². The molecular formula is C12H25N3O. The van der Waals surface area contributed by atoms with Gasteiger partial charge in [-0.2, -0.15) is 0 Å². The molecule has 0 bridgehead atoms. The zero-order valence-corrected chi connectivity index (χ0v) is 10.8. The Morgan fingerprint density at radius 2 is 2.00 bits per heavy atom. The Kier molecular flexibility index (Phi) is 5.77. The average Bonchev–Trinajstić information content (AvgIpc) is 2.28. The minimum atomic E-state index is 0.119. The van der Waals surface area contributed by atoms with Gasteiger partial charge in [-0.1, -0.05) is 13.8 Å². The number of nitrogens with zero attached hydrogens (tertiary/aromatic N) is 1. The van der Waals surface area contributed by atoms with Gasteiger partial charge in [0.2, 0.25) is 5.91 Å². The SMILES string of the molecule is CNC(=O)CN1CCC(NCC(C)C)CC1. The lowest BCUT2D eigenvalue weighted by atomic mass is 10.0. The normalized spacial score (nSPS) is 19.0. The maximum atomic E-state index is 11.2. The highest BCUT2D eigenvalue weighted by molar-refractivity contribution is 5.77. The molecule has 0 aromatic carbocycles. The second-order valence-electron chi connectivity index (χ2n) is 5.03. The molecule has 0 saturated carbocycles. The van der Waals surface area contributed by atoms with Crippen molar-refractivity contribution in [2.45, 2.75) is 32.7 Å². The number of likely N-dealkylation sites (N-methyl/N-ethyl adjacent to an activating group) is 1. The second-order valence-corrected chi connectivity index (χ2v) is 5.03. The molecule has 16 heavy (non-hydrogen) atoms. The molecule has 4 nitrogen and oxygen atoms in total. The van der Waals surface area contributed by atoms with E-state index in [0.29, 0.717) is 18.5 Å². The van der Waals surface area contributed by atoms with Crippen molar-refractivity contribution in [1.29, 1.82) is 0 Å². The lowest BCUT2D eigenvalue weighted by Crippen LogP contribution is -2.46.